The van der Waals surface area contributed by atoms with Gasteiger partial charge in [0.15, 0.2) is 0 Å². The van der Waals surface area contributed by atoms with E-state index in [0.717, 1.165) is 3.80 Å². The van der Waals surface area contributed by atoms with Crippen LogP contribution in [-0.2, 0) is 0 Å². The van der Waals surface area contributed by atoms with Crippen LogP contribution in [0.1, 0.15) is 6.92 Å². The Kier molecular flexibility index (Phi) is 4.12. The van der Waals surface area contributed by atoms with Gasteiger partial charge in [-0.15, -0.1) is 0 Å². The number of hydrogen-bond acceptors (Lipinski definition) is 2. The second-order valence-electron chi connectivity index (χ2n) is 1.56. The molecule has 0 heterocycles. The molecule has 0 bridgehead atoms. The zero-order valence-electron chi connectivity index (χ0n) is 5.38. The molecule has 0 aliphatic rings. The van der Waals surface area contributed by atoms with Crippen molar-refractivity contribution in [2.45, 2.75) is 6.92 Å². The van der Waals surface area contributed by atoms with Crippen molar-refractivity contribution in [1.82, 2.24) is 4.90 Å². The van der Waals surface area contributed by atoms with Crippen LogP contribution in [0.2, 0.25) is 0 Å². The molecule has 8 heavy (non-hydrogen) atoms. The average molecular weight is 226 g/mol. The summed E-state index contributed by atoms with van der Waals surface area (Å²) in [6.45, 7) is 1.91. The summed E-state index contributed by atoms with van der Waals surface area (Å²) in [6, 6.07) is 0. The van der Waals surface area contributed by atoms with Crippen molar-refractivity contribution in [2.24, 2.45) is 4.99 Å². The van der Waals surface area contributed by atoms with E-state index >= 15 is 0 Å². The zero-order valence-corrected chi connectivity index (χ0v) is 7.71. The molecular formula is C5H10N2Te. The molecule has 0 radical (unpaired) electrons. The maximum absolute atomic E-state index is 4.05. The summed E-state index contributed by atoms with van der Waals surface area (Å²) in [7, 11) is 3.95. The molecular weight excluding hydrogens is 216 g/mol. The van der Waals surface area contributed by atoms with Crippen molar-refractivity contribution in [3.05, 3.63) is 0 Å². The summed E-state index contributed by atoms with van der Waals surface area (Å²) in [5, 5.41) is 0. The molecule has 0 rings (SSSR count). The van der Waals surface area contributed by atoms with Gasteiger partial charge in [-0.2, -0.15) is 0 Å². The van der Waals surface area contributed by atoms with E-state index in [1.807, 2.05) is 47.7 Å². The van der Waals surface area contributed by atoms with E-state index in [1.165, 1.54) is 0 Å². The predicted molar refractivity (Wildman–Crippen MR) is 38.6 cm³/mol. The van der Waals surface area contributed by atoms with Gasteiger partial charge in [0.1, 0.15) is 0 Å². The zero-order chi connectivity index (χ0) is 6.57. The molecule has 0 aromatic rings. The van der Waals surface area contributed by atoms with Crippen molar-refractivity contribution in [3.8, 4) is 0 Å². The van der Waals surface area contributed by atoms with Gasteiger partial charge in [-0.3, -0.25) is 0 Å². The van der Waals surface area contributed by atoms with Gasteiger partial charge in [0.2, 0.25) is 0 Å². The van der Waals surface area contributed by atoms with Crippen molar-refractivity contribution in [3.63, 3.8) is 0 Å². The van der Waals surface area contributed by atoms with Crippen LogP contribution in [0.3, 0.4) is 0 Å². The summed E-state index contributed by atoms with van der Waals surface area (Å²) < 4.78 is 1.04. The van der Waals surface area contributed by atoms with Gasteiger partial charge in [-0.1, -0.05) is 0 Å². The Labute approximate surface area is 63.0 Å². The maximum atomic E-state index is 4.05. The van der Waals surface area contributed by atoms with Crippen molar-refractivity contribution < 1.29 is 0 Å². The van der Waals surface area contributed by atoms with E-state index in [2.05, 4.69) is 4.99 Å². The van der Waals surface area contributed by atoms with Crippen LogP contribution in [0, 0.1) is 0 Å². The Morgan fingerprint density at radius 3 is 2.25 bits per heavy atom. The molecule has 46 valence electrons. The van der Waals surface area contributed by atoms with E-state index in [1.54, 1.807) is 6.21 Å². The Hall–Kier alpha value is 0.130. The van der Waals surface area contributed by atoms with E-state index in [9.17, 15) is 0 Å². The fraction of sp³-hybridized carbons (Fsp3) is 0.600. The molecule has 0 fully saturated rings. The van der Waals surface area contributed by atoms with Gasteiger partial charge in [-0.25, -0.2) is 0 Å². The molecule has 0 atom stereocenters. The first kappa shape index (κ1) is 8.13. The fourth-order valence-corrected chi connectivity index (χ4v) is 0.527. The molecule has 3 heteroatoms. The Bertz CT molecular complexity index is 107. The van der Waals surface area contributed by atoms with Gasteiger partial charge in [0, 0.05) is 0 Å². The van der Waals surface area contributed by atoms with Crippen LogP contribution in [-0.4, -0.2) is 50.8 Å². The topological polar surface area (TPSA) is 15.6 Å². The molecule has 2 nitrogen and oxygen atoms in total. The van der Waals surface area contributed by atoms with Gasteiger partial charge < -0.3 is 0 Å². The molecule has 0 aliphatic carbocycles. The minimum atomic E-state index is 1.04. The fourth-order valence-electron chi connectivity index (χ4n) is 0.226. The summed E-state index contributed by atoms with van der Waals surface area (Å²) >= 11 is 1.90. The number of aliphatic imine (C=N–C) groups is 1. The summed E-state index contributed by atoms with van der Waals surface area (Å²) in [5.74, 6) is 0. The van der Waals surface area contributed by atoms with E-state index < -0.39 is 0 Å². The first-order valence-electron chi connectivity index (χ1n) is 2.38. The second kappa shape index (κ2) is 4.05. The number of hydrogen-bond donors (Lipinski definition) is 0. The Balaban J connectivity index is 3.66. The molecule has 0 aromatic carbocycles. The van der Waals surface area contributed by atoms with Gasteiger partial charge in [0.05, 0.1) is 0 Å². The average Bonchev–Trinajstić information content (AvgIpc) is 1.67. The number of nitrogens with zero attached hydrogens (tertiary/aromatic N) is 2. The SMILES string of the molecule is C/C=N/C(=[Te])N(C)C. The molecule has 0 saturated carbocycles. The molecule has 0 unspecified atom stereocenters. The van der Waals surface area contributed by atoms with Crippen LogP contribution in [0.15, 0.2) is 4.99 Å². The van der Waals surface area contributed by atoms with Crippen LogP contribution in [0.25, 0.3) is 0 Å². The van der Waals surface area contributed by atoms with Crippen molar-refractivity contribution in [1.29, 1.82) is 0 Å². The molecule has 0 amide bonds. The molecule has 0 saturated heterocycles. The third-order valence-corrected chi connectivity index (χ3v) is 1.97. The molecule has 0 aromatic heterocycles. The predicted octanol–water partition coefficient (Wildman–Crippen LogP) is -0.105. The van der Waals surface area contributed by atoms with Gasteiger partial charge in [-0.05, 0) is 0 Å². The Morgan fingerprint density at radius 1 is 1.62 bits per heavy atom. The normalized spacial score (nSPS) is 9.88. The molecule has 0 aliphatic heterocycles. The number of rotatable bonds is 2. The molecule has 0 N–H and O–H groups in total. The monoisotopic (exact) mass is 228 g/mol. The van der Waals surface area contributed by atoms with Crippen LogP contribution >= 0.6 is 0 Å². The second-order valence-corrected chi connectivity index (χ2v) is 2.61. The third-order valence-electron chi connectivity index (χ3n) is 0.622. The first-order valence-corrected chi connectivity index (χ1v) is 3.55. The van der Waals surface area contributed by atoms with Crippen molar-refractivity contribution >= 4 is 31.8 Å². The van der Waals surface area contributed by atoms with Gasteiger partial charge in [0.25, 0.3) is 0 Å². The molecule has 0 spiro atoms. The van der Waals surface area contributed by atoms with Crippen LogP contribution in [0.4, 0.5) is 0 Å². The van der Waals surface area contributed by atoms with Crippen LogP contribution < -0.4 is 0 Å². The minimum absolute atomic E-state index is 1.04. The van der Waals surface area contributed by atoms with E-state index in [-0.39, 0.29) is 0 Å². The van der Waals surface area contributed by atoms with E-state index in [0.29, 0.717) is 0 Å². The Morgan fingerprint density at radius 2 is 2.12 bits per heavy atom. The summed E-state index contributed by atoms with van der Waals surface area (Å²) in [5.41, 5.74) is 0. The standard InChI is InChI=1S/C5H10N2Te/c1-4-6-5(8)7(2)3/h4H,1-3H3/b6-4+. The summed E-state index contributed by atoms with van der Waals surface area (Å²) in [6.07, 6.45) is 1.79. The van der Waals surface area contributed by atoms with Crippen molar-refractivity contribution in [2.75, 3.05) is 14.1 Å². The van der Waals surface area contributed by atoms with Crippen LogP contribution in [0.5, 0.6) is 0 Å². The summed E-state index contributed by atoms with van der Waals surface area (Å²) in [4.78, 5) is 6.02. The first-order chi connectivity index (χ1) is 3.68. The third kappa shape index (κ3) is 3.17. The van der Waals surface area contributed by atoms with E-state index in [4.69, 9.17) is 0 Å². The quantitative estimate of drug-likeness (QED) is 0.473. The van der Waals surface area contributed by atoms with Gasteiger partial charge >= 0.3 is 62.7 Å².